The highest BCUT2D eigenvalue weighted by atomic mass is 16.3. The van der Waals surface area contributed by atoms with Crippen LogP contribution in [-0.4, -0.2) is 15.0 Å². The molecule has 4 heterocycles. The molecule has 130 valence electrons. The fourth-order valence-electron chi connectivity index (χ4n) is 2.76. The highest BCUT2D eigenvalue weighted by molar-refractivity contribution is 5.79. The lowest BCUT2D eigenvalue weighted by Crippen LogP contribution is -2.04. The van der Waals surface area contributed by atoms with Gasteiger partial charge in [-0.3, -0.25) is 4.98 Å². The van der Waals surface area contributed by atoms with Gasteiger partial charge in [0.1, 0.15) is 17.3 Å². The van der Waals surface area contributed by atoms with Crippen LogP contribution in [0.1, 0.15) is 17.3 Å². The normalized spacial score (nSPS) is 10.8. The minimum absolute atomic E-state index is 0.514. The smallest absolute Gasteiger partial charge is 0.223 e. The lowest BCUT2D eigenvalue weighted by molar-refractivity contribution is 0.490. The van der Waals surface area contributed by atoms with E-state index in [0.29, 0.717) is 12.5 Å². The van der Waals surface area contributed by atoms with Gasteiger partial charge in [-0.15, -0.1) is 0 Å². The van der Waals surface area contributed by atoms with E-state index in [1.165, 1.54) is 0 Å². The first-order valence-electron chi connectivity index (χ1n) is 8.33. The third kappa shape index (κ3) is 3.21. The average Bonchev–Trinajstić information content (AvgIpc) is 3.28. The van der Waals surface area contributed by atoms with E-state index in [4.69, 9.17) is 13.8 Å². The highest BCUT2D eigenvalue weighted by Crippen LogP contribution is 2.32. The van der Waals surface area contributed by atoms with E-state index in [1.807, 2.05) is 50.2 Å². The summed E-state index contributed by atoms with van der Waals surface area (Å²) in [6.45, 7) is 4.35. The quantitative estimate of drug-likeness (QED) is 0.568. The zero-order valence-electron chi connectivity index (χ0n) is 14.6. The Morgan fingerprint density at radius 1 is 1.00 bits per heavy atom. The first kappa shape index (κ1) is 16.1. The van der Waals surface area contributed by atoms with E-state index in [-0.39, 0.29) is 0 Å². The maximum absolute atomic E-state index is 5.58. The molecule has 0 fully saturated rings. The zero-order chi connectivity index (χ0) is 17.9. The number of anilines is 1. The molecule has 6 heteroatoms. The molecule has 0 aliphatic heterocycles. The number of pyridine rings is 1. The van der Waals surface area contributed by atoms with Crippen LogP contribution in [0.25, 0.3) is 22.5 Å². The molecule has 26 heavy (non-hydrogen) atoms. The van der Waals surface area contributed by atoms with Gasteiger partial charge in [0.25, 0.3) is 0 Å². The molecule has 0 unspecified atom stereocenters. The van der Waals surface area contributed by atoms with Crippen LogP contribution in [0.4, 0.5) is 5.95 Å². The monoisotopic (exact) mass is 346 g/mol. The number of rotatable bonds is 5. The number of nitrogens with one attached hydrogen (secondary N) is 1. The molecule has 0 aliphatic rings. The predicted molar refractivity (Wildman–Crippen MR) is 98.5 cm³/mol. The van der Waals surface area contributed by atoms with E-state index in [0.717, 1.165) is 39.8 Å². The van der Waals surface area contributed by atoms with Crippen molar-refractivity contribution in [2.24, 2.45) is 0 Å². The van der Waals surface area contributed by atoms with Crippen LogP contribution in [-0.2, 0) is 6.54 Å². The number of aryl methyl sites for hydroxylation is 2. The summed E-state index contributed by atoms with van der Waals surface area (Å²) in [6.07, 6.45) is 5.20. The fourth-order valence-corrected chi connectivity index (χ4v) is 2.76. The van der Waals surface area contributed by atoms with E-state index in [1.54, 1.807) is 18.7 Å². The molecule has 0 bridgehead atoms. The number of nitrogens with zero attached hydrogens (tertiary/aromatic N) is 3. The third-order valence-electron chi connectivity index (χ3n) is 4.06. The number of aromatic nitrogens is 3. The van der Waals surface area contributed by atoms with Crippen LogP contribution in [0.15, 0.2) is 63.9 Å². The minimum atomic E-state index is 0.514. The van der Waals surface area contributed by atoms with Crippen LogP contribution in [0.3, 0.4) is 0 Å². The standard InChI is InChI=1S/C20H18N4O2/c1-13-6-7-15(26-13)11-22-20-23-12-17(18-5-3-4-9-21-18)19(24-20)16-8-10-25-14(16)2/h3-10,12H,11H2,1-2H3,(H,22,23,24). The molecule has 0 atom stereocenters. The fraction of sp³-hybridized carbons (Fsp3) is 0.150. The molecular weight excluding hydrogens is 328 g/mol. The second kappa shape index (κ2) is 6.84. The van der Waals surface area contributed by atoms with Crippen LogP contribution in [0.2, 0.25) is 0 Å². The maximum Gasteiger partial charge on any atom is 0.223 e. The molecule has 4 aromatic heterocycles. The number of hydrogen-bond acceptors (Lipinski definition) is 6. The Bertz CT molecular complexity index is 1020. The van der Waals surface area contributed by atoms with Gasteiger partial charge in [0, 0.05) is 23.5 Å². The van der Waals surface area contributed by atoms with Crippen LogP contribution < -0.4 is 5.32 Å². The molecule has 0 saturated carbocycles. The first-order valence-corrected chi connectivity index (χ1v) is 8.33. The van der Waals surface area contributed by atoms with Crippen molar-refractivity contribution < 1.29 is 8.83 Å². The number of hydrogen-bond donors (Lipinski definition) is 1. The van der Waals surface area contributed by atoms with Crippen molar-refractivity contribution in [1.82, 2.24) is 15.0 Å². The summed E-state index contributed by atoms with van der Waals surface area (Å²) in [7, 11) is 0. The summed E-state index contributed by atoms with van der Waals surface area (Å²) in [6, 6.07) is 11.5. The van der Waals surface area contributed by atoms with Crippen LogP contribution in [0, 0.1) is 13.8 Å². The summed E-state index contributed by atoms with van der Waals surface area (Å²) in [5.41, 5.74) is 3.37. The number of furan rings is 2. The Morgan fingerprint density at radius 3 is 2.62 bits per heavy atom. The molecule has 4 rings (SSSR count). The Labute approximate surface area is 150 Å². The Morgan fingerprint density at radius 2 is 1.92 bits per heavy atom. The van der Waals surface area contributed by atoms with Gasteiger partial charge in [0.2, 0.25) is 5.95 Å². The van der Waals surface area contributed by atoms with Gasteiger partial charge in [-0.05, 0) is 44.2 Å². The van der Waals surface area contributed by atoms with Gasteiger partial charge in [-0.1, -0.05) is 6.07 Å². The van der Waals surface area contributed by atoms with E-state index >= 15 is 0 Å². The zero-order valence-corrected chi connectivity index (χ0v) is 14.6. The average molecular weight is 346 g/mol. The minimum Gasteiger partial charge on any atom is -0.469 e. The second-order valence-corrected chi connectivity index (χ2v) is 5.93. The molecule has 0 spiro atoms. The van der Waals surface area contributed by atoms with Crippen molar-refractivity contribution >= 4 is 5.95 Å². The van der Waals surface area contributed by atoms with E-state index < -0.39 is 0 Å². The Balaban J connectivity index is 1.71. The summed E-state index contributed by atoms with van der Waals surface area (Å²) in [5.74, 6) is 3.03. The SMILES string of the molecule is Cc1ccc(CNc2ncc(-c3ccccn3)c(-c3ccoc3C)n2)o1. The molecular formula is C20H18N4O2. The summed E-state index contributed by atoms with van der Waals surface area (Å²) in [4.78, 5) is 13.6. The largest absolute Gasteiger partial charge is 0.469 e. The van der Waals surface area contributed by atoms with E-state index in [2.05, 4.69) is 15.3 Å². The molecule has 4 aromatic rings. The van der Waals surface area contributed by atoms with Crippen molar-refractivity contribution in [3.63, 3.8) is 0 Å². The topological polar surface area (TPSA) is 77.0 Å². The van der Waals surface area contributed by atoms with Crippen LogP contribution >= 0.6 is 0 Å². The molecule has 0 radical (unpaired) electrons. The van der Waals surface area contributed by atoms with Gasteiger partial charge in [0.15, 0.2) is 0 Å². The lowest BCUT2D eigenvalue weighted by atomic mass is 10.1. The van der Waals surface area contributed by atoms with Crippen molar-refractivity contribution in [2.75, 3.05) is 5.32 Å². The Hall–Kier alpha value is -3.41. The summed E-state index contributed by atoms with van der Waals surface area (Å²) >= 11 is 0. The van der Waals surface area contributed by atoms with E-state index in [9.17, 15) is 0 Å². The summed E-state index contributed by atoms with van der Waals surface area (Å²) in [5, 5.41) is 3.21. The molecule has 6 nitrogen and oxygen atoms in total. The molecule has 0 aliphatic carbocycles. The summed E-state index contributed by atoms with van der Waals surface area (Å²) < 4.78 is 11.0. The van der Waals surface area contributed by atoms with Gasteiger partial charge in [-0.25, -0.2) is 9.97 Å². The maximum atomic E-state index is 5.58. The van der Waals surface area contributed by atoms with Gasteiger partial charge in [0.05, 0.1) is 24.2 Å². The van der Waals surface area contributed by atoms with Crippen molar-refractivity contribution in [3.05, 3.63) is 72.3 Å². The van der Waals surface area contributed by atoms with Gasteiger partial charge < -0.3 is 14.2 Å². The Kier molecular flexibility index (Phi) is 4.23. The molecule has 0 amide bonds. The van der Waals surface area contributed by atoms with Crippen molar-refractivity contribution in [2.45, 2.75) is 20.4 Å². The van der Waals surface area contributed by atoms with Crippen molar-refractivity contribution in [1.29, 1.82) is 0 Å². The highest BCUT2D eigenvalue weighted by Gasteiger charge is 2.16. The first-order chi connectivity index (χ1) is 12.7. The third-order valence-corrected chi connectivity index (χ3v) is 4.06. The van der Waals surface area contributed by atoms with Crippen molar-refractivity contribution in [3.8, 4) is 22.5 Å². The van der Waals surface area contributed by atoms with Crippen LogP contribution in [0.5, 0.6) is 0 Å². The molecule has 0 aromatic carbocycles. The van der Waals surface area contributed by atoms with Gasteiger partial charge >= 0.3 is 0 Å². The molecule has 1 N–H and O–H groups in total. The van der Waals surface area contributed by atoms with Gasteiger partial charge in [-0.2, -0.15) is 0 Å². The second-order valence-electron chi connectivity index (χ2n) is 5.93. The molecule has 0 saturated heterocycles. The lowest BCUT2D eigenvalue weighted by Gasteiger charge is -2.10. The predicted octanol–water partition coefficient (Wildman–Crippen LogP) is 4.62.